The van der Waals surface area contributed by atoms with Gasteiger partial charge in [0, 0.05) is 22.3 Å². The minimum absolute atomic E-state index is 0.0641. The number of rotatable bonds is 4. The minimum Gasteiger partial charge on any atom is -0.376 e. The van der Waals surface area contributed by atoms with E-state index in [1.54, 1.807) is 48.5 Å². The Hall–Kier alpha value is -2.34. The van der Waals surface area contributed by atoms with E-state index in [-0.39, 0.29) is 11.6 Å². The Morgan fingerprint density at radius 1 is 0.720 bits per heavy atom. The Morgan fingerprint density at radius 2 is 1.04 bits per heavy atom. The van der Waals surface area contributed by atoms with Gasteiger partial charge < -0.3 is 14.2 Å². The lowest BCUT2D eigenvalue weighted by Crippen LogP contribution is -2.20. The van der Waals surface area contributed by atoms with Crippen LogP contribution >= 0.6 is 0 Å². The zero-order valence-corrected chi connectivity index (χ0v) is 13.6. The Kier molecular flexibility index (Phi) is 4.44. The Balaban J connectivity index is 0.000000147. The molecule has 2 atom stereocenters. The lowest BCUT2D eigenvalue weighted by atomic mass is 9.84. The number of carbonyl (C=O) groups is 2. The summed E-state index contributed by atoms with van der Waals surface area (Å²) in [6.07, 6.45) is 0.785. The Morgan fingerprint density at radius 3 is 1.32 bits per heavy atom. The first-order valence-corrected chi connectivity index (χ1v) is 8.32. The van der Waals surface area contributed by atoms with Crippen molar-refractivity contribution in [3.63, 3.8) is 0 Å². The fraction of sp³-hybridized carbons (Fsp3) is 0.300. The summed E-state index contributed by atoms with van der Waals surface area (Å²) in [5.74, 6) is -0.128. The van der Waals surface area contributed by atoms with E-state index < -0.39 is 0 Å². The maximum absolute atomic E-state index is 12.1. The number of ketones is 2. The third-order valence-corrected chi connectivity index (χ3v) is 4.24. The van der Waals surface area contributed by atoms with E-state index in [1.165, 1.54) is 0 Å². The summed E-state index contributed by atoms with van der Waals surface area (Å²) < 4.78 is 15.1. The smallest absolute Gasteiger partial charge is 0.194 e. The molecule has 0 bridgehead atoms. The lowest BCUT2D eigenvalue weighted by Gasteiger charge is -2.16. The second kappa shape index (κ2) is 6.88. The third kappa shape index (κ3) is 3.69. The van der Waals surface area contributed by atoms with Crippen LogP contribution in [0.2, 0.25) is 0 Å². The zero-order chi connectivity index (χ0) is 17.2. The first-order chi connectivity index (χ1) is 12.2. The summed E-state index contributed by atoms with van der Waals surface area (Å²) in [4.78, 5) is 24.2. The molecule has 0 aromatic heterocycles. The highest BCUT2D eigenvalue weighted by Gasteiger charge is 2.28. The van der Waals surface area contributed by atoms with Crippen molar-refractivity contribution >= 4 is 11.6 Å². The van der Waals surface area contributed by atoms with Gasteiger partial charge in [-0.25, -0.2) is 0 Å². The molecule has 2 aromatic carbocycles. The van der Waals surface area contributed by atoms with Crippen molar-refractivity contribution in [2.45, 2.75) is 12.2 Å². The van der Waals surface area contributed by atoms with Crippen LogP contribution in [0.4, 0.5) is 0 Å². The second-order valence-electron chi connectivity index (χ2n) is 6.20. The van der Waals surface area contributed by atoms with Crippen molar-refractivity contribution in [1.82, 2.24) is 0 Å². The van der Waals surface area contributed by atoms with E-state index in [9.17, 15) is 9.59 Å². The largest absolute Gasteiger partial charge is 0.376 e. The normalized spacial score (nSPS) is 22.4. The minimum atomic E-state index is -0.0641. The van der Waals surface area contributed by atoms with Gasteiger partial charge in [0.25, 0.3) is 0 Å². The number of hydrogen-bond donors (Lipinski definition) is 0. The molecule has 1 aliphatic carbocycles. The number of hydrogen-bond acceptors (Lipinski definition) is 5. The van der Waals surface area contributed by atoms with Crippen LogP contribution in [0.5, 0.6) is 0 Å². The second-order valence-corrected chi connectivity index (χ2v) is 6.20. The first-order valence-electron chi connectivity index (χ1n) is 8.32. The summed E-state index contributed by atoms with van der Waals surface area (Å²) in [5, 5.41) is 0. The van der Waals surface area contributed by atoms with Gasteiger partial charge in [0.2, 0.25) is 0 Å². The molecule has 2 unspecified atom stereocenters. The van der Waals surface area contributed by atoms with E-state index >= 15 is 0 Å². The van der Waals surface area contributed by atoms with Gasteiger partial charge >= 0.3 is 0 Å². The van der Waals surface area contributed by atoms with Crippen LogP contribution in [0.25, 0.3) is 0 Å². The molecule has 2 saturated heterocycles. The fourth-order valence-corrected chi connectivity index (χ4v) is 2.71. The van der Waals surface area contributed by atoms with E-state index in [1.807, 2.05) is 0 Å². The maximum atomic E-state index is 12.1. The number of epoxide rings is 2. The topological polar surface area (TPSA) is 68.4 Å². The molecule has 2 fully saturated rings. The number of benzene rings is 2. The summed E-state index contributed by atoms with van der Waals surface area (Å²) in [7, 11) is 0. The predicted molar refractivity (Wildman–Crippen MR) is 90.0 cm³/mol. The first kappa shape index (κ1) is 16.1. The quantitative estimate of drug-likeness (QED) is 0.683. The summed E-state index contributed by atoms with van der Waals surface area (Å²) in [6, 6.07) is 13.9. The van der Waals surface area contributed by atoms with Gasteiger partial charge in [0.1, 0.15) is 12.2 Å². The zero-order valence-electron chi connectivity index (χ0n) is 13.6. The maximum Gasteiger partial charge on any atom is 0.194 e. The molecule has 128 valence electrons. The number of ether oxygens (including phenoxy) is 3. The SMILES string of the molecule is C(OCC1CO1)C1CO1.O=C1c2ccccc2C(=O)c2ccccc21. The number of fused-ring (bicyclic) bond motifs is 2. The molecule has 25 heavy (non-hydrogen) atoms. The highest BCUT2D eigenvalue weighted by Crippen LogP contribution is 2.26. The van der Waals surface area contributed by atoms with Crippen molar-refractivity contribution in [3.05, 3.63) is 70.8 Å². The van der Waals surface area contributed by atoms with Gasteiger partial charge in [0.15, 0.2) is 11.6 Å². The summed E-state index contributed by atoms with van der Waals surface area (Å²) >= 11 is 0. The van der Waals surface area contributed by atoms with Crippen molar-refractivity contribution < 1.29 is 23.8 Å². The van der Waals surface area contributed by atoms with Crippen molar-refractivity contribution in [1.29, 1.82) is 0 Å². The van der Waals surface area contributed by atoms with Crippen LogP contribution in [0, 0.1) is 0 Å². The molecule has 0 radical (unpaired) electrons. The molecular weight excluding hydrogens is 320 g/mol. The molecule has 2 aromatic rings. The van der Waals surface area contributed by atoms with Gasteiger partial charge in [-0.15, -0.1) is 0 Å². The molecule has 2 aliphatic heterocycles. The molecule has 2 heterocycles. The average Bonchev–Trinajstić information content (AvgIpc) is 3.56. The molecule has 5 heteroatoms. The third-order valence-electron chi connectivity index (χ3n) is 4.24. The van der Waals surface area contributed by atoms with E-state index in [0.29, 0.717) is 34.5 Å². The molecule has 5 nitrogen and oxygen atoms in total. The van der Waals surface area contributed by atoms with Crippen LogP contribution in [0.15, 0.2) is 48.5 Å². The van der Waals surface area contributed by atoms with Crippen LogP contribution in [-0.4, -0.2) is 50.2 Å². The molecule has 0 amide bonds. The molecular formula is C20H18O5. The Bertz CT molecular complexity index is 688. The van der Waals surface area contributed by atoms with Gasteiger partial charge in [-0.05, 0) is 0 Å². The Labute approximate surface area is 145 Å². The highest BCUT2D eigenvalue weighted by molar-refractivity contribution is 6.28. The average molecular weight is 338 g/mol. The van der Waals surface area contributed by atoms with Crippen LogP contribution in [-0.2, 0) is 14.2 Å². The fourth-order valence-electron chi connectivity index (χ4n) is 2.71. The summed E-state index contributed by atoms with van der Waals surface area (Å²) in [6.45, 7) is 3.26. The van der Waals surface area contributed by atoms with Gasteiger partial charge in [-0.3, -0.25) is 9.59 Å². The van der Waals surface area contributed by atoms with E-state index in [4.69, 9.17) is 14.2 Å². The van der Waals surface area contributed by atoms with Gasteiger partial charge in [0.05, 0.1) is 26.4 Å². The van der Waals surface area contributed by atoms with Gasteiger partial charge in [-0.2, -0.15) is 0 Å². The highest BCUT2D eigenvalue weighted by atomic mass is 16.6. The number of carbonyl (C=O) groups excluding carboxylic acids is 2. The lowest BCUT2D eigenvalue weighted by molar-refractivity contribution is 0.0979. The molecule has 0 N–H and O–H groups in total. The van der Waals surface area contributed by atoms with Crippen molar-refractivity contribution in [2.75, 3.05) is 26.4 Å². The van der Waals surface area contributed by atoms with E-state index in [0.717, 1.165) is 26.4 Å². The summed E-state index contributed by atoms with van der Waals surface area (Å²) in [5.41, 5.74) is 2.02. The van der Waals surface area contributed by atoms with E-state index in [2.05, 4.69) is 0 Å². The van der Waals surface area contributed by atoms with Gasteiger partial charge in [-0.1, -0.05) is 48.5 Å². The predicted octanol–water partition coefficient (Wildman–Crippen LogP) is 2.26. The van der Waals surface area contributed by atoms with Crippen LogP contribution in [0.3, 0.4) is 0 Å². The van der Waals surface area contributed by atoms with Crippen LogP contribution in [0.1, 0.15) is 31.8 Å². The van der Waals surface area contributed by atoms with Crippen molar-refractivity contribution in [3.8, 4) is 0 Å². The van der Waals surface area contributed by atoms with Crippen molar-refractivity contribution in [2.24, 2.45) is 0 Å². The van der Waals surface area contributed by atoms with Crippen LogP contribution < -0.4 is 0 Å². The molecule has 5 rings (SSSR count). The molecule has 0 spiro atoms. The molecule has 3 aliphatic rings. The molecule has 0 saturated carbocycles. The standard InChI is InChI=1S/C14H8O2.C6H10O3/c15-13-9-5-1-2-6-10(9)14(16)12-8-4-3-7-11(12)13;1(5-3-8-5)7-2-6-4-9-6/h1-8H;5-6H,1-4H2. The monoisotopic (exact) mass is 338 g/mol.